The van der Waals surface area contributed by atoms with Crippen molar-refractivity contribution in [2.45, 2.75) is 19.9 Å². The number of piperazine rings is 1. The molecule has 1 heterocycles. The zero-order valence-corrected chi connectivity index (χ0v) is 11.2. The molecule has 1 unspecified atom stereocenters. The highest BCUT2D eigenvalue weighted by Crippen LogP contribution is 2.09. The summed E-state index contributed by atoms with van der Waals surface area (Å²) >= 11 is 1.85. The minimum Gasteiger partial charge on any atom is -0.323 e. The van der Waals surface area contributed by atoms with E-state index in [2.05, 4.69) is 42.8 Å². The summed E-state index contributed by atoms with van der Waals surface area (Å²) in [4.78, 5) is 0. The van der Waals surface area contributed by atoms with Gasteiger partial charge in [-0.1, -0.05) is 18.7 Å². The minimum absolute atomic E-state index is 0.553. The molecule has 0 bridgehead atoms. The topological polar surface area (TPSA) is 27.3 Å². The Morgan fingerprint density at radius 2 is 2.25 bits per heavy atom. The highest BCUT2D eigenvalue weighted by Gasteiger charge is 2.15. The van der Waals surface area contributed by atoms with Gasteiger partial charge in [0, 0.05) is 42.9 Å². The fraction of sp³-hybridized carbons (Fsp3) is 0.667. The van der Waals surface area contributed by atoms with E-state index >= 15 is 0 Å². The van der Waals surface area contributed by atoms with Gasteiger partial charge < -0.3 is 10.7 Å². The molecule has 1 saturated heterocycles. The molecule has 0 aromatic heterocycles. The molecule has 1 atom stereocenters. The molecule has 0 radical (unpaired) electrons. The first kappa shape index (κ1) is 13.6. The summed E-state index contributed by atoms with van der Waals surface area (Å²) < 4.78 is 0. The SMILES string of the molecule is C=C(C)CSCC(=C)NN1CCNC(C)C1. The Balaban J connectivity index is 2.15. The molecule has 0 aromatic carbocycles. The van der Waals surface area contributed by atoms with Crippen LogP contribution in [-0.2, 0) is 0 Å². The van der Waals surface area contributed by atoms with Crippen LogP contribution in [0, 0.1) is 0 Å². The van der Waals surface area contributed by atoms with Crippen LogP contribution in [0.15, 0.2) is 24.4 Å². The molecule has 92 valence electrons. The monoisotopic (exact) mass is 241 g/mol. The van der Waals surface area contributed by atoms with Gasteiger partial charge in [-0.3, -0.25) is 0 Å². The standard InChI is InChI=1S/C12H23N3S/c1-10(2)8-16-9-12(4)14-15-6-5-13-11(3)7-15/h11,13-14H,1,4-9H2,2-3H3. The minimum atomic E-state index is 0.553. The summed E-state index contributed by atoms with van der Waals surface area (Å²) in [7, 11) is 0. The van der Waals surface area contributed by atoms with Crippen LogP contribution in [0.1, 0.15) is 13.8 Å². The van der Waals surface area contributed by atoms with Gasteiger partial charge in [-0.15, -0.1) is 0 Å². The molecule has 1 aliphatic rings. The maximum atomic E-state index is 4.05. The molecule has 0 saturated carbocycles. The zero-order chi connectivity index (χ0) is 12.0. The van der Waals surface area contributed by atoms with E-state index < -0.39 is 0 Å². The summed E-state index contributed by atoms with van der Waals surface area (Å²) in [5.41, 5.74) is 5.67. The Hall–Kier alpha value is -0.450. The molecule has 0 spiro atoms. The van der Waals surface area contributed by atoms with Crippen molar-refractivity contribution in [1.82, 2.24) is 15.8 Å². The third-order valence-corrected chi connectivity index (χ3v) is 3.56. The summed E-state index contributed by atoms with van der Waals surface area (Å²) in [6.07, 6.45) is 0. The molecule has 2 N–H and O–H groups in total. The Labute approximate surface area is 103 Å². The summed E-state index contributed by atoms with van der Waals surface area (Å²) in [6.45, 7) is 15.3. The molecule has 1 rings (SSSR count). The maximum Gasteiger partial charge on any atom is 0.0343 e. The molecule has 3 nitrogen and oxygen atoms in total. The Kier molecular flexibility index (Phi) is 5.95. The smallest absolute Gasteiger partial charge is 0.0343 e. The van der Waals surface area contributed by atoms with Crippen LogP contribution in [0.5, 0.6) is 0 Å². The fourth-order valence-corrected chi connectivity index (χ4v) is 2.40. The molecular weight excluding hydrogens is 218 g/mol. The van der Waals surface area contributed by atoms with E-state index in [1.54, 1.807) is 0 Å². The average Bonchev–Trinajstić information content (AvgIpc) is 2.16. The maximum absolute atomic E-state index is 4.05. The van der Waals surface area contributed by atoms with Crippen LogP contribution in [0.2, 0.25) is 0 Å². The van der Waals surface area contributed by atoms with Gasteiger partial charge in [0.25, 0.3) is 0 Å². The predicted molar refractivity (Wildman–Crippen MR) is 73.5 cm³/mol. The van der Waals surface area contributed by atoms with Gasteiger partial charge >= 0.3 is 0 Å². The van der Waals surface area contributed by atoms with Crippen molar-refractivity contribution in [2.24, 2.45) is 0 Å². The molecule has 1 fully saturated rings. The lowest BCUT2D eigenvalue weighted by Gasteiger charge is -2.33. The van der Waals surface area contributed by atoms with Crippen LogP contribution < -0.4 is 10.7 Å². The second-order valence-electron chi connectivity index (χ2n) is 4.47. The van der Waals surface area contributed by atoms with E-state index in [-0.39, 0.29) is 0 Å². The second-order valence-corrected chi connectivity index (χ2v) is 5.45. The lowest BCUT2D eigenvalue weighted by Crippen LogP contribution is -2.54. The second kappa shape index (κ2) is 6.99. The number of nitrogens with zero attached hydrogens (tertiary/aromatic N) is 1. The van der Waals surface area contributed by atoms with Gasteiger partial charge in [-0.05, 0) is 13.8 Å². The molecule has 4 heteroatoms. The highest BCUT2D eigenvalue weighted by atomic mass is 32.2. The van der Waals surface area contributed by atoms with Crippen LogP contribution in [0.3, 0.4) is 0 Å². The third-order valence-electron chi connectivity index (χ3n) is 2.31. The first-order chi connectivity index (χ1) is 7.58. The van der Waals surface area contributed by atoms with Gasteiger partial charge in [0.2, 0.25) is 0 Å². The molecule has 0 aromatic rings. The van der Waals surface area contributed by atoms with Gasteiger partial charge in [0.15, 0.2) is 0 Å². The average molecular weight is 241 g/mol. The number of hydrogen-bond acceptors (Lipinski definition) is 4. The Bertz CT molecular complexity index is 253. The van der Waals surface area contributed by atoms with Gasteiger partial charge in [-0.2, -0.15) is 11.8 Å². The molecular formula is C12H23N3S. The lowest BCUT2D eigenvalue weighted by atomic mass is 10.3. The lowest BCUT2D eigenvalue weighted by molar-refractivity contribution is 0.159. The number of rotatable bonds is 6. The van der Waals surface area contributed by atoms with E-state index in [4.69, 9.17) is 0 Å². The van der Waals surface area contributed by atoms with Crippen LogP contribution >= 0.6 is 11.8 Å². The zero-order valence-electron chi connectivity index (χ0n) is 10.4. The van der Waals surface area contributed by atoms with Crippen LogP contribution in [-0.4, -0.2) is 42.2 Å². The van der Waals surface area contributed by atoms with Crippen molar-refractivity contribution in [1.29, 1.82) is 0 Å². The van der Waals surface area contributed by atoms with Crippen molar-refractivity contribution in [3.63, 3.8) is 0 Å². The predicted octanol–water partition coefficient (Wildman–Crippen LogP) is 1.61. The number of hydrogen-bond donors (Lipinski definition) is 2. The van der Waals surface area contributed by atoms with E-state index in [9.17, 15) is 0 Å². The van der Waals surface area contributed by atoms with Crippen LogP contribution in [0.25, 0.3) is 0 Å². The van der Waals surface area contributed by atoms with Crippen molar-refractivity contribution in [3.8, 4) is 0 Å². The summed E-state index contributed by atoms with van der Waals surface area (Å²) in [6, 6.07) is 0.553. The van der Waals surface area contributed by atoms with Crippen molar-refractivity contribution >= 4 is 11.8 Å². The van der Waals surface area contributed by atoms with Crippen molar-refractivity contribution < 1.29 is 0 Å². The fourth-order valence-electron chi connectivity index (χ4n) is 1.64. The normalized spacial score (nSPS) is 21.8. The molecule has 0 aliphatic carbocycles. The highest BCUT2D eigenvalue weighted by molar-refractivity contribution is 7.99. The van der Waals surface area contributed by atoms with E-state index in [0.717, 1.165) is 36.8 Å². The van der Waals surface area contributed by atoms with Crippen molar-refractivity contribution in [3.05, 3.63) is 24.4 Å². The van der Waals surface area contributed by atoms with Gasteiger partial charge in [-0.25, -0.2) is 5.01 Å². The third kappa shape index (κ3) is 5.58. The van der Waals surface area contributed by atoms with E-state index in [1.165, 1.54) is 5.57 Å². The summed E-state index contributed by atoms with van der Waals surface area (Å²) in [5, 5.41) is 5.66. The van der Waals surface area contributed by atoms with Gasteiger partial charge in [0.1, 0.15) is 0 Å². The van der Waals surface area contributed by atoms with E-state index in [1.807, 2.05) is 11.8 Å². The van der Waals surface area contributed by atoms with Gasteiger partial charge in [0.05, 0.1) is 0 Å². The summed E-state index contributed by atoms with van der Waals surface area (Å²) in [5.74, 6) is 1.96. The van der Waals surface area contributed by atoms with Crippen molar-refractivity contribution in [2.75, 3.05) is 31.1 Å². The quantitative estimate of drug-likeness (QED) is 0.691. The molecule has 1 aliphatic heterocycles. The molecule has 16 heavy (non-hydrogen) atoms. The van der Waals surface area contributed by atoms with E-state index in [0.29, 0.717) is 6.04 Å². The first-order valence-corrected chi connectivity index (χ1v) is 6.88. The number of hydrazine groups is 1. The van der Waals surface area contributed by atoms with Crippen LogP contribution in [0.4, 0.5) is 0 Å². The largest absolute Gasteiger partial charge is 0.323 e. The first-order valence-electron chi connectivity index (χ1n) is 5.73. The number of thioether (sulfide) groups is 1. The number of nitrogens with one attached hydrogen (secondary N) is 2. The molecule has 0 amide bonds. The Morgan fingerprint density at radius 3 is 2.88 bits per heavy atom. The Morgan fingerprint density at radius 1 is 1.50 bits per heavy atom.